The van der Waals surface area contributed by atoms with E-state index >= 15 is 0 Å². The van der Waals surface area contributed by atoms with Gasteiger partial charge in [0.15, 0.2) is 0 Å². The minimum absolute atomic E-state index is 0.483. The molecule has 0 bridgehead atoms. The van der Waals surface area contributed by atoms with Crippen LogP contribution in [0, 0.1) is 22.7 Å². The highest BCUT2D eigenvalue weighted by atomic mass is 32.1. The smallest absolute Gasteiger partial charge is 0.0998 e. The van der Waals surface area contributed by atoms with Crippen molar-refractivity contribution in [3.8, 4) is 45.5 Å². The molecule has 4 heteroatoms. The van der Waals surface area contributed by atoms with Crippen molar-refractivity contribution < 1.29 is 0 Å². The van der Waals surface area contributed by atoms with Crippen LogP contribution in [0.1, 0.15) is 11.1 Å². The molecule has 8 rings (SSSR count). The summed E-state index contributed by atoms with van der Waals surface area (Å²) in [6, 6.07) is 46.8. The van der Waals surface area contributed by atoms with Crippen LogP contribution in [0.4, 0.5) is 0 Å². The summed E-state index contributed by atoms with van der Waals surface area (Å²) in [5.74, 6) is 0. The molecule has 0 unspecified atom stereocenters. The minimum Gasteiger partial charge on any atom is -0.192 e. The number of nitriles is 2. The van der Waals surface area contributed by atoms with Gasteiger partial charge in [-0.15, -0.1) is 22.7 Å². The first-order chi connectivity index (χ1) is 20.7. The van der Waals surface area contributed by atoms with E-state index in [2.05, 4.69) is 115 Å². The number of rotatable bonds is 3. The zero-order valence-electron chi connectivity index (χ0n) is 22.3. The van der Waals surface area contributed by atoms with Crippen LogP contribution < -0.4 is 0 Å². The maximum Gasteiger partial charge on any atom is 0.0998 e. The van der Waals surface area contributed by atoms with E-state index in [1.807, 2.05) is 28.7 Å². The standard InChI is InChI=1S/C38H20N2S2/c39-21-23-15-16-28(27(17-23)22-40)24-18-25(29-9-6-14-36-37(29)33-8-2-4-13-35(33)41-36)20-26(19-24)30-10-5-11-32-31-7-1-3-12-34(31)42-38(30)32/h1-20H. The Morgan fingerprint density at radius 1 is 0.452 bits per heavy atom. The second-order valence-electron chi connectivity index (χ2n) is 10.3. The van der Waals surface area contributed by atoms with Crippen LogP contribution in [-0.2, 0) is 0 Å². The van der Waals surface area contributed by atoms with E-state index in [1.165, 1.54) is 51.5 Å². The Hall–Kier alpha value is -5.26. The zero-order chi connectivity index (χ0) is 28.2. The molecule has 0 saturated heterocycles. The SMILES string of the molecule is N#Cc1ccc(-c2cc(-c3cccc4c3sc3ccccc34)cc(-c3cccc4sc5ccccc5c34)c2)c(C#N)c1. The molecular formula is C38H20N2S2. The molecule has 42 heavy (non-hydrogen) atoms. The van der Waals surface area contributed by atoms with Crippen LogP contribution in [0.25, 0.3) is 73.7 Å². The highest BCUT2D eigenvalue weighted by Gasteiger charge is 2.17. The first-order valence-electron chi connectivity index (χ1n) is 13.6. The van der Waals surface area contributed by atoms with E-state index in [0.29, 0.717) is 11.1 Å². The van der Waals surface area contributed by atoms with E-state index in [0.717, 1.165) is 22.3 Å². The van der Waals surface area contributed by atoms with Crippen molar-refractivity contribution in [2.24, 2.45) is 0 Å². The predicted molar refractivity (Wildman–Crippen MR) is 178 cm³/mol. The summed E-state index contributed by atoms with van der Waals surface area (Å²) >= 11 is 3.63. The molecule has 0 N–H and O–H groups in total. The Morgan fingerprint density at radius 2 is 1.07 bits per heavy atom. The van der Waals surface area contributed by atoms with Gasteiger partial charge < -0.3 is 0 Å². The second kappa shape index (κ2) is 9.68. The third-order valence-corrected chi connectivity index (χ3v) is 10.3. The lowest BCUT2D eigenvalue weighted by Gasteiger charge is -2.14. The number of hydrogen-bond donors (Lipinski definition) is 0. The molecule has 0 saturated carbocycles. The molecule has 8 aromatic rings. The highest BCUT2D eigenvalue weighted by Crippen LogP contribution is 2.45. The first kappa shape index (κ1) is 24.5. The largest absolute Gasteiger partial charge is 0.192 e. The summed E-state index contributed by atoms with van der Waals surface area (Å²) in [6.45, 7) is 0. The van der Waals surface area contributed by atoms with Crippen LogP contribution >= 0.6 is 22.7 Å². The zero-order valence-corrected chi connectivity index (χ0v) is 23.9. The van der Waals surface area contributed by atoms with Crippen molar-refractivity contribution in [3.63, 3.8) is 0 Å². The average molecular weight is 569 g/mol. The van der Waals surface area contributed by atoms with Crippen LogP contribution in [-0.4, -0.2) is 0 Å². The third-order valence-electron chi connectivity index (χ3n) is 7.94. The van der Waals surface area contributed by atoms with E-state index in [4.69, 9.17) is 0 Å². The highest BCUT2D eigenvalue weighted by molar-refractivity contribution is 7.26. The van der Waals surface area contributed by atoms with Gasteiger partial charge >= 0.3 is 0 Å². The number of fused-ring (bicyclic) bond motifs is 6. The van der Waals surface area contributed by atoms with Gasteiger partial charge in [-0.25, -0.2) is 0 Å². The molecule has 6 aromatic carbocycles. The lowest BCUT2D eigenvalue weighted by atomic mass is 9.89. The molecule has 194 valence electrons. The van der Waals surface area contributed by atoms with Crippen LogP contribution in [0.5, 0.6) is 0 Å². The van der Waals surface area contributed by atoms with Gasteiger partial charge in [0, 0.05) is 40.3 Å². The molecule has 2 aromatic heterocycles. The monoisotopic (exact) mass is 568 g/mol. The summed E-state index contributed by atoms with van der Waals surface area (Å²) in [7, 11) is 0. The van der Waals surface area contributed by atoms with Crippen molar-refractivity contribution in [1.29, 1.82) is 10.5 Å². The van der Waals surface area contributed by atoms with E-state index < -0.39 is 0 Å². The lowest BCUT2D eigenvalue weighted by Crippen LogP contribution is -1.90. The van der Waals surface area contributed by atoms with Gasteiger partial charge in [0.1, 0.15) is 0 Å². The quantitative estimate of drug-likeness (QED) is 0.213. The summed E-state index contributed by atoms with van der Waals surface area (Å²) in [5, 5.41) is 24.6. The number of benzene rings is 6. The fraction of sp³-hybridized carbons (Fsp3) is 0. The Morgan fingerprint density at radius 3 is 1.86 bits per heavy atom. The van der Waals surface area contributed by atoms with Gasteiger partial charge in [-0.05, 0) is 81.9 Å². The molecule has 0 aliphatic carbocycles. The Bertz CT molecular complexity index is 2450. The number of hydrogen-bond acceptors (Lipinski definition) is 4. The fourth-order valence-electron chi connectivity index (χ4n) is 6.04. The molecule has 0 atom stereocenters. The maximum absolute atomic E-state index is 10.1. The molecular weight excluding hydrogens is 549 g/mol. The van der Waals surface area contributed by atoms with Crippen LogP contribution in [0.15, 0.2) is 121 Å². The Balaban J connectivity index is 1.45. The third kappa shape index (κ3) is 3.82. The molecule has 0 spiro atoms. The molecule has 0 aliphatic heterocycles. The Kier molecular flexibility index (Phi) is 5.66. The molecule has 2 nitrogen and oxygen atoms in total. The van der Waals surface area contributed by atoms with Gasteiger partial charge in [-0.3, -0.25) is 0 Å². The molecule has 2 heterocycles. The topological polar surface area (TPSA) is 47.6 Å². The number of nitrogens with zero attached hydrogens (tertiary/aromatic N) is 2. The summed E-state index contributed by atoms with van der Waals surface area (Å²) in [4.78, 5) is 0. The van der Waals surface area contributed by atoms with Gasteiger partial charge in [0.25, 0.3) is 0 Å². The average Bonchev–Trinajstić information content (AvgIpc) is 3.62. The van der Waals surface area contributed by atoms with Crippen molar-refractivity contribution >= 4 is 63.0 Å². The van der Waals surface area contributed by atoms with Crippen molar-refractivity contribution in [2.45, 2.75) is 0 Å². The summed E-state index contributed by atoms with van der Waals surface area (Å²) < 4.78 is 5.04. The molecule has 0 fully saturated rings. The van der Waals surface area contributed by atoms with Gasteiger partial charge in [0.05, 0.1) is 23.3 Å². The fourth-order valence-corrected chi connectivity index (χ4v) is 8.41. The first-order valence-corrected chi connectivity index (χ1v) is 15.3. The Labute approximate surface area is 250 Å². The van der Waals surface area contributed by atoms with Gasteiger partial charge in [-0.2, -0.15) is 10.5 Å². The predicted octanol–water partition coefficient (Wildman–Crippen LogP) is 11.2. The molecule has 0 amide bonds. The van der Waals surface area contributed by atoms with E-state index in [9.17, 15) is 10.5 Å². The lowest BCUT2D eigenvalue weighted by molar-refractivity contribution is 1.44. The van der Waals surface area contributed by atoms with E-state index in [1.54, 1.807) is 12.1 Å². The van der Waals surface area contributed by atoms with Gasteiger partial charge in [-0.1, -0.05) is 72.8 Å². The summed E-state index contributed by atoms with van der Waals surface area (Å²) in [5.41, 5.74) is 7.30. The summed E-state index contributed by atoms with van der Waals surface area (Å²) in [6.07, 6.45) is 0. The second-order valence-corrected chi connectivity index (χ2v) is 12.5. The van der Waals surface area contributed by atoms with Gasteiger partial charge in [0.2, 0.25) is 0 Å². The van der Waals surface area contributed by atoms with Crippen molar-refractivity contribution in [1.82, 2.24) is 0 Å². The molecule has 0 radical (unpaired) electrons. The van der Waals surface area contributed by atoms with Crippen LogP contribution in [0.3, 0.4) is 0 Å². The van der Waals surface area contributed by atoms with Crippen molar-refractivity contribution in [3.05, 3.63) is 132 Å². The maximum atomic E-state index is 10.1. The number of thiophene rings is 2. The minimum atomic E-state index is 0.483. The van der Waals surface area contributed by atoms with Crippen LogP contribution in [0.2, 0.25) is 0 Å². The normalized spacial score (nSPS) is 11.3. The molecule has 0 aliphatic rings. The van der Waals surface area contributed by atoms with E-state index in [-0.39, 0.29) is 0 Å². The van der Waals surface area contributed by atoms with Crippen molar-refractivity contribution in [2.75, 3.05) is 0 Å².